The molecular formula is C21H33N4O2+. The monoisotopic (exact) mass is 373 g/mol. The van der Waals surface area contributed by atoms with Crippen molar-refractivity contribution < 1.29 is 14.5 Å². The quantitative estimate of drug-likeness (QED) is 0.709. The molecule has 148 valence electrons. The molecule has 1 aliphatic heterocycles. The van der Waals surface area contributed by atoms with Crippen molar-refractivity contribution in [3.63, 3.8) is 0 Å². The fraction of sp³-hybridized carbons (Fsp3) is 0.857. The summed E-state index contributed by atoms with van der Waals surface area (Å²) in [6.45, 7) is 2.61. The maximum Gasteiger partial charge on any atom is 0.278 e. The molecule has 6 heteroatoms. The van der Waals surface area contributed by atoms with Crippen molar-refractivity contribution in [2.75, 3.05) is 26.2 Å². The van der Waals surface area contributed by atoms with Crippen LogP contribution < -0.4 is 10.6 Å². The van der Waals surface area contributed by atoms with E-state index in [-0.39, 0.29) is 23.3 Å². The van der Waals surface area contributed by atoms with Gasteiger partial charge in [0, 0.05) is 12.1 Å². The average Bonchev–Trinajstić information content (AvgIpc) is 2.61. The fourth-order valence-corrected chi connectivity index (χ4v) is 7.05. The smallest absolute Gasteiger partial charge is 0.278 e. The molecule has 2 amide bonds. The lowest BCUT2D eigenvalue weighted by Crippen LogP contribution is -3.15. The van der Waals surface area contributed by atoms with E-state index in [2.05, 4.69) is 11.0 Å². The average molecular weight is 374 g/mol. The second-order valence-electron chi connectivity index (χ2n) is 9.72. The maximum absolute atomic E-state index is 13.4. The predicted molar refractivity (Wildman–Crippen MR) is 100 cm³/mol. The first-order valence-electron chi connectivity index (χ1n) is 10.8. The summed E-state index contributed by atoms with van der Waals surface area (Å²) >= 11 is 0. The number of nitrogens with one attached hydrogen (secondary N) is 1. The lowest BCUT2D eigenvalue weighted by molar-refractivity contribution is -0.899. The van der Waals surface area contributed by atoms with Gasteiger partial charge in [0.1, 0.15) is 0 Å². The first kappa shape index (κ1) is 18.7. The normalized spacial score (nSPS) is 39.7. The summed E-state index contributed by atoms with van der Waals surface area (Å²) in [4.78, 5) is 28.3. The number of primary amides is 1. The van der Waals surface area contributed by atoms with Crippen LogP contribution in [0, 0.1) is 35.0 Å². The number of hydrogen-bond donors (Lipinski definition) is 2. The van der Waals surface area contributed by atoms with Crippen molar-refractivity contribution in [3.8, 4) is 6.07 Å². The van der Waals surface area contributed by atoms with E-state index in [1.165, 1.54) is 24.2 Å². The summed E-state index contributed by atoms with van der Waals surface area (Å²) in [5.74, 6) is 2.17. The van der Waals surface area contributed by atoms with E-state index in [0.29, 0.717) is 26.1 Å². The number of carbonyl (C=O) groups is 2. The van der Waals surface area contributed by atoms with Gasteiger partial charge < -0.3 is 15.5 Å². The first-order valence-corrected chi connectivity index (χ1v) is 10.8. The molecular weight excluding hydrogens is 340 g/mol. The van der Waals surface area contributed by atoms with Gasteiger partial charge >= 0.3 is 0 Å². The Morgan fingerprint density at radius 2 is 1.78 bits per heavy atom. The summed E-state index contributed by atoms with van der Waals surface area (Å²) in [5, 5.41) is 9.15. The lowest BCUT2D eigenvalue weighted by atomic mass is 9.52. The third-order valence-electron chi connectivity index (χ3n) is 7.75. The number of nitrogens with two attached hydrogens (primary N) is 1. The van der Waals surface area contributed by atoms with E-state index >= 15 is 0 Å². The number of nitriles is 1. The number of hydrogen-bond acceptors (Lipinski definition) is 3. The molecule has 0 radical (unpaired) electrons. The Kier molecular flexibility index (Phi) is 5.15. The van der Waals surface area contributed by atoms with Crippen LogP contribution in [0.4, 0.5) is 0 Å². The molecule has 4 saturated carbocycles. The number of amides is 2. The second kappa shape index (κ2) is 7.43. The predicted octanol–water partition coefficient (Wildman–Crippen LogP) is 0.478. The number of likely N-dealkylation sites (tertiary alicyclic amines) is 1. The van der Waals surface area contributed by atoms with E-state index in [9.17, 15) is 9.59 Å². The van der Waals surface area contributed by atoms with Crippen molar-refractivity contribution >= 4 is 11.8 Å². The molecule has 2 atom stereocenters. The van der Waals surface area contributed by atoms with E-state index < -0.39 is 0 Å². The Bertz CT molecular complexity index is 605. The van der Waals surface area contributed by atoms with Crippen LogP contribution in [0.1, 0.15) is 57.8 Å². The van der Waals surface area contributed by atoms with Gasteiger partial charge in [-0.25, -0.2) is 0 Å². The minimum absolute atomic E-state index is 0.000990. The standard InChI is InChI=1S/C21H32N4O2/c22-4-2-6-25(19(26)14-24-5-1-3-18(13-24)20(23)27)21-10-15-7-16(11-21)9-17(8-15)12-21/h15-18H,1-3,5-14H2,(H2,23,27)/p+1/t15?,16?,17?,18-,21?/m1/s1. The molecule has 0 aromatic rings. The van der Waals surface area contributed by atoms with Crippen LogP contribution in [-0.4, -0.2) is 48.4 Å². The van der Waals surface area contributed by atoms with Gasteiger partial charge in [-0.2, -0.15) is 5.26 Å². The summed E-state index contributed by atoms with van der Waals surface area (Å²) in [7, 11) is 0. The molecule has 5 rings (SSSR count). The van der Waals surface area contributed by atoms with Crippen LogP contribution in [0.25, 0.3) is 0 Å². The van der Waals surface area contributed by atoms with Crippen LogP contribution >= 0.6 is 0 Å². The third kappa shape index (κ3) is 3.71. The molecule has 1 heterocycles. The van der Waals surface area contributed by atoms with Gasteiger partial charge in [-0.05, 0) is 69.1 Å². The highest BCUT2D eigenvalue weighted by atomic mass is 16.2. The van der Waals surface area contributed by atoms with Crippen molar-refractivity contribution in [3.05, 3.63) is 0 Å². The molecule has 0 aromatic heterocycles. The van der Waals surface area contributed by atoms with Gasteiger partial charge in [0.05, 0.1) is 31.5 Å². The second-order valence-corrected chi connectivity index (χ2v) is 9.72. The zero-order chi connectivity index (χ0) is 19.0. The Hall–Kier alpha value is -1.61. The molecule has 0 spiro atoms. The minimum atomic E-state index is -0.234. The first-order chi connectivity index (χ1) is 13.0. The SMILES string of the molecule is N#CCCN(C(=O)C[NH+]1CCC[C@@H](C(N)=O)C1)C12CC3CC(CC(C3)C1)C2. The molecule has 3 N–H and O–H groups in total. The minimum Gasteiger partial charge on any atom is -0.369 e. The molecule has 1 unspecified atom stereocenters. The summed E-state index contributed by atoms with van der Waals surface area (Å²) in [6.07, 6.45) is 9.64. The largest absolute Gasteiger partial charge is 0.369 e. The molecule has 27 heavy (non-hydrogen) atoms. The summed E-state index contributed by atoms with van der Waals surface area (Å²) < 4.78 is 0. The van der Waals surface area contributed by atoms with Crippen LogP contribution in [0.5, 0.6) is 0 Å². The van der Waals surface area contributed by atoms with Gasteiger partial charge in [0.15, 0.2) is 6.54 Å². The van der Waals surface area contributed by atoms with E-state index in [1.807, 2.05) is 0 Å². The number of carbonyl (C=O) groups excluding carboxylic acids is 2. The molecule has 0 aromatic carbocycles. The molecule has 4 aliphatic carbocycles. The van der Waals surface area contributed by atoms with E-state index in [1.54, 1.807) is 0 Å². The van der Waals surface area contributed by atoms with Gasteiger partial charge in [-0.3, -0.25) is 9.59 Å². The zero-order valence-corrected chi connectivity index (χ0v) is 16.3. The van der Waals surface area contributed by atoms with Gasteiger partial charge in [0.2, 0.25) is 5.91 Å². The van der Waals surface area contributed by atoms with Crippen molar-refractivity contribution in [1.29, 1.82) is 5.26 Å². The Morgan fingerprint density at radius 1 is 1.15 bits per heavy atom. The Labute approximate surface area is 162 Å². The number of quaternary nitrogens is 1. The van der Waals surface area contributed by atoms with Crippen LogP contribution in [0.2, 0.25) is 0 Å². The zero-order valence-electron chi connectivity index (χ0n) is 16.3. The summed E-state index contributed by atoms with van der Waals surface area (Å²) in [6, 6.07) is 2.25. The maximum atomic E-state index is 13.4. The third-order valence-corrected chi connectivity index (χ3v) is 7.75. The molecule has 5 fully saturated rings. The topological polar surface area (TPSA) is 91.6 Å². The lowest BCUT2D eigenvalue weighted by Gasteiger charge is -2.60. The van der Waals surface area contributed by atoms with Crippen LogP contribution in [0.15, 0.2) is 0 Å². The fourth-order valence-electron chi connectivity index (χ4n) is 7.05. The number of rotatable bonds is 6. The molecule has 5 aliphatic rings. The van der Waals surface area contributed by atoms with Gasteiger partial charge in [-0.15, -0.1) is 0 Å². The van der Waals surface area contributed by atoms with Gasteiger partial charge in [-0.1, -0.05) is 0 Å². The number of piperidine rings is 1. The Morgan fingerprint density at radius 3 is 2.33 bits per heavy atom. The molecule has 1 saturated heterocycles. The highest BCUT2D eigenvalue weighted by molar-refractivity contribution is 5.78. The Balaban J connectivity index is 1.48. The summed E-state index contributed by atoms with van der Waals surface area (Å²) in [5.41, 5.74) is 5.51. The highest BCUT2D eigenvalue weighted by Crippen LogP contribution is 2.57. The van der Waals surface area contributed by atoms with Crippen molar-refractivity contribution in [1.82, 2.24) is 4.90 Å². The highest BCUT2D eigenvalue weighted by Gasteiger charge is 2.54. The molecule has 6 nitrogen and oxygen atoms in total. The number of nitrogens with zero attached hydrogens (tertiary/aromatic N) is 2. The van der Waals surface area contributed by atoms with Crippen LogP contribution in [0.3, 0.4) is 0 Å². The van der Waals surface area contributed by atoms with Gasteiger partial charge in [0.25, 0.3) is 5.91 Å². The van der Waals surface area contributed by atoms with Crippen LogP contribution in [-0.2, 0) is 9.59 Å². The van der Waals surface area contributed by atoms with E-state index in [4.69, 9.17) is 11.0 Å². The molecule has 4 bridgehead atoms. The van der Waals surface area contributed by atoms with Crippen molar-refractivity contribution in [2.24, 2.45) is 29.4 Å². The van der Waals surface area contributed by atoms with Crippen molar-refractivity contribution in [2.45, 2.75) is 63.3 Å². The van der Waals surface area contributed by atoms with E-state index in [0.717, 1.165) is 56.4 Å².